The van der Waals surface area contributed by atoms with Gasteiger partial charge in [-0.25, -0.2) is 0 Å². The first-order valence-electron chi connectivity index (χ1n) is 10.7. The Balaban J connectivity index is 0.00000450. The van der Waals surface area contributed by atoms with Gasteiger partial charge >= 0.3 is 0 Å². The number of ether oxygens (including phenoxy) is 1. The summed E-state index contributed by atoms with van der Waals surface area (Å²) in [6.07, 6.45) is 4.76. The number of hydrogen-bond acceptors (Lipinski definition) is 4. The van der Waals surface area contributed by atoms with Gasteiger partial charge in [0.15, 0.2) is 5.96 Å². The number of hydrogen-bond donors (Lipinski definition) is 2. The number of amides is 2. The summed E-state index contributed by atoms with van der Waals surface area (Å²) in [6.45, 7) is 8.45. The van der Waals surface area contributed by atoms with Crippen LogP contribution in [0.4, 0.5) is 0 Å². The van der Waals surface area contributed by atoms with Gasteiger partial charge in [0.2, 0.25) is 0 Å². The number of nitrogens with one attached hydrogen (secondary N) is 2. The third-order valence-corrected chi connectivity index (χ3v) is 4.68. The zero-order valence-corrected chi connectivity index (χ0v) is 20.4. The third kappa shape index (κ3) is 8.22. The fourth-order valence-corrected chi connectivity index (χ4v) is 3.09. The number of fused-ring (bicyclic) bond motifs is 1. The number of carbonyl (C=O) groups excluding carboxylic acids is 2. The first-order chi connectivity index (χ1) is 14.2. The third-order valence-electron chi connectivity index (χ3n) is 4.68. The van der Waals surface area contributed by atoms with Crippen molar-refractivity contribution in [3.8, 4) is 0 Å². The molecule has 0 saturated heterocycles. The highest BCUT2D eigenvalue weighted by Gasteiger charge is 2.34. The molecule has 1 aromatic carbocycles. The molecule has 0 aromatic heterocycles. The summed E-state index contributed by atoms with van der Waals surface area (Å²) in [5.41, 5.74) is 1.02. The Morgan fingerprint density at radius 3 is 2.27 bits per heavy atom. The molecule has 2 amide bonds. The van der Waals surface area contributed by atoms with Crippen molar-refractivity contribution in [2.24, 2.45) is 4.99 Å². The first-order valence-corrected chi connectivity index (χ1v) is 10.7. The van der Waals surface area contributed by atoms with Crippen molar-refractivity contribution in [2.45, 2.75) is 46.0 Å². The lowest BCUT2D eigenvalue weighted by Crippen LogP contribution is -2.38. The lowest BCUT2D eigenvalue weighted by molar-refractivity contribution is 0.0652. The van der Waals surface area contributed by atoms with Crippen molar-refractivity contribution < 1.29 is 14.3 Å². The largest absolute Gasteiger partial charge is 0.381 e. The van der Waals surface area contributed by atoms with E-state index >= 15 is 0 Å². The lowest BCUT2D eigenvalue weighted by Gasteiger charge is -2.14. The van der Waals surface area contributed by atoms with E-state index in [0.717, 1.165) is 70.9 Å². The average Bonchev–Trinajstić information content (AvgIpc) is 2.97. The maximum atomic E-state index is 12.3. The van der Waals surface area contributed by atoms with E-state index in [1.807, 2.05) is 6.92 Å². The molecule has 0 atom stereocenters. The van der Waals surface area contributed by atoms with Crippen LogP contribution in [0.1, 0.15) is 66.7 Å². The van der Waals surface area contributed by atoms with Crippen molar-refractivity contribution in [2.75, 3.05) is 39.4 Å². The van der Waals surface area contributed by atoms with E-state index in [0.29, 0.717) is 17.7 Å². The van der Waals surface area contributed by atoms with Crippen LogP contribution in [0.3, 0.4) is 0 Å². The normalized spacial score (nSPS) is 13.3. The Kier molecular flexibility index (Phi) is 13.3. The van der Waals surface area contributed by atoms with Crippen molar-refractivity contribution in [1.82, 2.24) is 15.5 Å². The van der Waals surface area contributed by atoms with E-state index in [1.54, 1.807) is 24.3 Å². The molecule has 7 nitrogen and oxygen atoms in total. The molecule has 0 radical (unpaired) electrons. The molecule has 30 heavy (non-hydrogen) atoms. The van der Waals surface area contributed by atoms with E-state index in [-0.39, 0.29) is 35.8 Å². The molecule has 1 heterocycles. The molecule has 1 aromatic rings. The SMILES string of the molecule is CCCCOCCCN=C(NCC)NCCCCN1C(=O)c2ccccc2C1=O.I. The van der Waals surface area contributed by atoms with Crippen molar-refractivity contribution in [3.05, 3.63) is 35.4 Å². The minimum absolute atomic E-state index is 0. The molecule has 1 aliphatic rings. The summed E-state index contributed by atoms with van der Waals surface area (Å²) in [7, 11) is 0. The number of carbonyl (C=O) groups is 2. The van der Waals surface area contributed by atoms with Gasteiger partial charge in [0, 0.05) is 39.4 Å². The second-order valence-electron chi connectivity index (χ2n) is 7.02. The van der Waals surface area contributed by atoms with E-state index in [1.165, 1.54) is 4.90 Å². The molecule has 0 aliphatic carbocycles. The Hall–Kier alpha value is -1.68. The quantitative estimate of drug-likeness (QED) is 0.134. The fourth-order valence-electron chi connectivity index (χ4n) is 3.09. The molecule has 2 rings (SSSR count). The maximum absolute atomic E-state index is 12.3. The number of nitrogens with zero attached hydrogens (tertiary/aromatic N) is 2. The summed E-state index contributed by atoms with van der Waals surface area (Å²) >= 11 is 0. The number of aliphatic imine (C=N–C) groups is 1. The van der Waals surface area contributed by atoms with Gasteiger partial charge in [0.1, 0.15) is 0 Å². The van der Waals surface area contributed by atoms with Crippen LogP contribution in [-0.2, 0) is 4.74 Å². The smallest absolute Gasteiger partial charge is 0.261 e. The first kappa shape index (κ1) is 26.4. The van der Waals surface area contributed by atoms with Crippen LogP contribution >= 0.6 is 24.0 Å². The van der Waals surface area contributed by atoms with Crippen molar-refractivity contribution >= 4 is 41.8 Å². The highest BCUT2D eigenvalue weighted by Crippen LogP contribution is 2.22. The number of benzene rings is 1. The summed E-state index contributed by atoms with van der Waals surface area (Å²) in [6, 6.07) is 7.00. The highest BCUT2D eigenvalue weighted by atomic mass is 127. The highest BCUT2D eigenvalue weighted by molar-refractivity contribution is 14.0. The van der Waals surface area contributed by atoms with E-state index in [4.69, 9.17) is 4.74 Å². The molecule has 1 aliphatic heterocycles. The number of imide groups is 1. The van der Waals surface area contributed by atoms with Gasteiger partial charge in [0.25, 0.3) is 11.8 Å². The van der Waals surface area contributed by atoms with E-state index in [9.17, 15) is 9.59 Å². The van der Waals surface area contributed by atoms with Crippen molar-refractivity contribution in [3.63, 3.8) is 0 Å². The predicted octanol–water partition coefficient (Wildman–Crippen LogP) is 3.44. The summed E-state index contributed by atoms with van der Waals surface area (Å²) in [5, 5.41) is 6.54. The van der Waals surface area contributed by atoms with Gasteiger partial charge in [-0.05, 0) is 44.7 Å². The molecule has 0 bridgehead atoms. The number of rotatable bonds is 13. The Labute approximate surface area is 197 Å². The Morgan fingerprint density at radius 1 is 0.967 bits per heavy atom. The summed E-state index contributed by atoms with van der Waals surface area (Å²) in [4.78, 5) is 30.6. The molecule has 2 N–H and O–H groups in total. The second kappa shape index (κ2) is 15.2. The molecular formula is C22H35IN4O3. The predicted molar refractivity (Wildman–Crippen MR) is 131 cm³/mol. The van der Waals surface area contributed by atoms with Crippen LogP contribution < -0.4 is 10.6 Å². The minimum Gasteiger partial charge on any atom is -0.381 e. The van der Waals surface area contributed by atoms with Crippen LogP contribution in [0.15, 0.2) is 29.3 Å². The van der Waals surface area contributed by atoms with Gasteiger partial charge < -0.3 is 15.4 Å². The molecule has 0 fully saturated rings. The number of guanidine groups is 1. The maximum Gasteiger partial charge on any atom is 0.261 e. The molecule has 8 heteroatoms. The van der Waals surface area contributed by atoms with E-state index < -0.39 is 0 Å². The standard InChI is InChI=1S/C22H34N4O3.HI/c1-3-5-16-29-17-10-14-25-22(23-4-2)24-13-8-9-15-26-20(27)18-11-6-7-12-19(18)21(26)28;/h6-7,11-12H,3-5,8-10,13-17H2,1-2H3,(H2,23,24,25);1H. The van der Waals surface area contributed by atoms with Crippen LogP contribution in [0.5, 0.6) is 0 Å². The van der Waals surface area contributed by atoms with Crippen LogP contribution in [0.25, 0.3) is 0 Å². The van der Waals surface area contributed by atoms with Gasteiger partial charge in [-0.1, -0.05) is 25.5 Å². The fraction of sp³-hybridized carbons (Fsp3) is 0.591. The molecule has 168 valence electrons. The molecule has 0 unspecified atom stereocenters. The Bertz CT molecular complexity index is 662. The van der Waals surface area contributed by atoms with Crippen LogP contribution in [-0.4, -0.2) is 62.1 Å². The van der Waals surface area contributed by atoms with Gasteiger partial charge in [-0.3, -0.25) is 19.5 Å². The van der Waals surface area contributed by atoms with Gasteiger partial charge in [0.05, 0.1) is 11.1 Å². The van der Waals surface area contributed by atoms with Gasteiger partial charge in [-0.15, -0.1) is 24.0 Å². The van der Waals surface area contributed by atoms with Crippen LogP contribution in [0.2, 0.25) is 0 Å². The summed E-state index contributed by atoms with van der Waals surface area (Å²) in [5.74, 6) is 0.422. The monoisotopic (exact) mass is 530 g/mol. The Morgan fingerprint density at radius 2 is 1.63 bits per heavy atom. The zero-order chi connectivity index (χ0) is 20.9. The molecule has 0 spiro atoms. The van der Waals surface area contributed by atoms with Crippen LogP contribution in [0, 0.1) is 0 Å². The van der Waals surface area contributed by atoms with Gasteiger partial charge in [-0.2, -0.15) is 0 Å². The average molecular weight is 530 g/mol. The van der Waals surface area contributed by atoms with E-state index in [2.05, 4.69) is 22.5 Å². The lowest BCUT2D eigenvalue weighted by atomic mass is 10.1. The topological polar surface area (TPSA) is 83.0 Å². The zero-order valence-electron chi connectivity index (χ0n) is 18.1. The van der Waals surface area contributed by atoms with Crippen molar-refractivity contribution in [1.29, 1.82) is 0 Å². The second-order valence-corrected chi connectivity index (χ2v) is 7.02. The number of halogens is 1. The summed E-state index contributed by atoms with van der Waals surface area (Å²) < 4.78 is 5.55. The number of unbranched alkanes of at least 4 members (excludes halogenated alkanes) is 2. The molecule has 0 saturated carbocycles. The minimum atomic E-state index is -0.186. The molecular weight excluding hydrogens is 495 g/mol.